The summed E-state index contributed by atoms with van der Waals surface area (Å²) in [5.41, 5.74) is -2.40. The Labute approximate surface area is 587 Å². The first-order valence-electron chi connectivity index (χ1n) is 35.8. The zero-order valence-corrected chi connectivity index (χ0v) is 61.1. The van der Waals surface area contributed by atoms with E-state index in [1.54, 1.807) is 11.8 Å². The van der Waals surface area contributed by atoms with E-state index in [2.05, 4.69) is 21.3 Å². The number of aryl methyl sites for hydroxylation is 1. The van der Waals surface area contributed by atoms with Gasteiger partial charge in [-0.3, -0.25) is 57.5 Å². The molecule has 2 aliphatic heterocycles. The van der Waals surface area contributed by atoms with Gasteiger partial charge in [-0.25, -0.2) is 0 Å². The van der Waals surface area contributed by atoms with E-state index in [0.717, 1.165) is 84.6 Å². The van der Waals surface area contributed by atoms with Crippen LogP contribution in [0.25, 0.3) is 0 Å². The lowest BCUT2D eigenvalue weighted by Crippen LogP contribution is -2.65. The lowest BCUT2D eigenvalue weighted by molar-refractivity contribution is -0.157. The van der Waals surface area contributed by atoms with Gasteiger partial charge < -0.3 is 60.5 Å². The van der Waals surface area contributed by atoms with Gasteiger partial charge in [-0.1, -0.05) is 116 Å². The van der Waals surface area contributed by atoms with E-state index in [4.69, 9.17) is 11.6 Å². The first-order chi connectivity index (χ1) is 46.6. The Morgan fingerprint density at radius 3 is 1.79 bits per heavy atom. The zero-order chi connectivity index (χ0) is 73.4. The number of halogens is 4. The van der Waals surface area contributed by atoms with Crippen LogP contribution < -0.4 is 21.3 Å². The van der Waals surface area contributed by atoms with Crippen molar-refractivity contribution in [2.24, 2.45) is 23.7 Å². The van der Waals surface area contributed by atoms with Crippen LogP contribution in [-0.4, -0.2) is 240 Å². The number of likely N-dealkylation sites (N-methyl/N-ethyl adjacent to an activating group) is 7. The summed E-state index contributed by atoms with van der Waals surface area (Å²) in [6, 6.07) is -5.90. The van der Waals surface area contributed by atoms with Gasteiger partial charge in [0, 0.05) is 62.4 Å². The molecule has 0 aromatic heterocycles. The van der Waals surface area contributed by atoms with E-state index in [1.165, 1.54) is 81.9 Å². The molecular weight excluding hydrogens is 1310 g/mol. The summed E-state index contributed by atoms with van der Waals surface area (Å²) < 4.78 is 41.4. The maximum atomic E-state index is 15.7. The average Bonchev–Trinajstić information content (AvgIpc) is 1.77. The lowest BCUT2D eigenvalue weighted by Gasteiger charge is -2.43. The first kappa shape index (κ1) is 80.9. The third-order valence-electron chi connectivity index (χ3n) is 21.3. The van der Waals surface area contributed by atoms with Crippen LogP contribution in [0.5, 0.6) is 0 Å². The lowest BCUT2D eigenvalue weighted by atomic mass is 9.81. The largest absolute Gasteiger partial charge is 0.417 e. The highest BCUT2D eigenvalue weighted by molar-refractivity contribution is 6.31. The fraction of sp³-hybridized carbons (Fsp3) is 0.746. The van der Waals surface area contributed by atoms with Crippen molar-refractivity contribution in [2.75, 3.05) is 82.1 Å². The molecule has 3 saturated carbocycles. The number of carbonyl (C=O) groups excluding carboxylic acids is 12. The van der Waals surface area contributed by atoms with Crippen LogP contribution in [-0.2, 0) is 70.1 Å². The maximum absolute atomic E-state index is 15.7. The molecule has 2 heterocycles. The molecule has 4 N–H and O–H groups in total. The number of hydrogen-bond donors (Lipinski definition) is 4. The van der Waals surface area contributed by atoms with E-state index >= 15 is 19.2 Å². The molecule has 1 spiro atoms. The number of nitrogens with zero attached hydrogens (tertiary/aromatic N) is 8. The first-order valence-corrected chi connectivity index (χ1v) is 36.1. The van der Waals surface area contributed by atoms with Crippen molar-refractivity contribution >= 4 is 82.5 Å². The molecule has 12 amide bonds. The van der Waals surface area contributed by atoms with Gasteiger partial charge in [0.25, 0.3) is 0 Å². The smallest absolute Gasteiger partial charge is 0.343 e. The minimum atomic E-state index is -4.76. The predicted molar refractivity (Wildman–Crippen MR) is 366 cm³/mol. The van der Waals surface area contributed by atoms with Crippen LogP contribution in [0.2, 0.25) is 5.02 Å². The second-order valence-electron chi connectivity index (χ2n) is 29.2. The molecular formula is C71H110ClF3N12O12. The fourth-order valence-corrected chi connectivity index (χ4v) is 15.1. The standard InChI is InChI=1S/C71H110ClF3N12O12/c1-13-45(4)60-67(97)82(8)42-58(90)80(6)43-59(91)84(10)54(39-47-25-17-14-18-26-47)65(95)81(7)41-56(88)77-52(32-30-48-29-31-50(51(72)38-48)71(73,74)75)63(93)76-46(5)62(92)79-70(33-21-22-34-70)69(99)86(12)61(49-27-19-15-20-28-49)68(98)85(11)55(66(96)87-35-23-16-24-36-87)40-57(89)83(9)53(37-44(2)3)64(94)78-60/h29,31,38,44-47,49,52-55,60-61H,13-28,30,32-37,39-43H2,1-12H3,(H,76,93)(H,77,88)(H,78,94)(H,79,92)/t45-,46+,52-,53-,54-,55-,60-,61-/m0/s1. The number of alkyl halides is 3. The van der Waals surface area contributed by atoms with E-state index in [-0.39, 0.29) is 55.9 Å². The Balaban J connectivity index is 1.42. The van der Waals surface area contributed by atoms with Crippen LogP contribution in [0.4, 0.5) is 13.2 Å². The average molecular weight is 1420 g/mol. The highest BCUT2D eigenvalue weighted by atomic mass is 35.5. The number of carbonyl (C=O) groups is 12. The Morgan fingerprint density at radius 2 is 1.20 bits per heavy atom. The molecule has 0 radical (unpaired) electrons. The van der Waals surface area contributed by atoms with E-state index in [0.29, 0.717) is 58.0 Å². The third-order valence-corrected chi connectivity index (χ3v) is 21.6. The number of rotatable bonds is 11. The van der Waals surface area contributed by atoms with Crippen molar-refractivity contribution < 1.29 is 70.7 Å². The van der Waals surface area contributed by atoms with Crippen LogP contribution >= 0.6 is 11.6 Å². The van der Waals surface area contributed by atoms with Crippen molar-refractivity contribution in [3.05, 3.63) is 34.3 Å². The second-order valence-corrected chi connectivity index (χ2v) is 29.6. The number of piperidine rings is 1. The van der Waals surface area contributed by atoms with Gasteiger partial charge in [-0.2, -0.15) is 13.2 Å². The molecule has 3 aliphatic carbocycles. The van der Waals surface area contributed by atoms with Crippen LogP contribution in [0.3, 0.4) is 0 Å². The highest BCUT2D eigenvalue weighted by Gasteiger charge is 2.50. The number of likely N-dealkylation sites (tertiary alicyclic amines) is 1. The molecule has 5 aliphatic rings. The van der Waals surface area contributed by atoms with Gasteiger partial charge >= 0.3 is 6.18 Å². The van der Waals surface area contributed by atoms with E-state index in [9.17, 15) is 51.5 Å². The summed E-state index contributed by atoms with van der Waals surface area (Å²) in [4.78, 5) is 188. The zero-order valence-electron chi connectivity index (χ0n) is 60.4. The van der Waals surface area contributed by atoms with Crippen molar-refractivity contribution in [3.63, 3.8) is 0 Å². The van der Waals surface area contributed by atoms with Gasteiger partial charge in [-0.15, -0.1) is 0 Å². The quantitative estimate of drug-likeness (QED) is 0.201. The summed E-state index contributed by atoms with van der Waals surface area (Å²) in [6.07, 6.45) is 6.37. The minimum Gasteiger partial charge on any atom is -0.343 e. The predicted octanol–water partition coefficient (Wildman–Crippen LogP) is 5.94. The number of benzene rings is 1. The fourth-order valence-electron chi connectivity index (χ4n) is 14.8. The number of hydrogen-bond acceptors (Lipinski definition) is 12. The molecule has 24 nitrogen and oxygen atoms in total. The molecule has 554 valence electrons. The van der Waals surface area contributed by atoms with Gasteiger partial charge in [0.2, 0.25) is 70.9 Å². The van der Waals surface area contributed by atoms with Crippen molar-refractivity contribution in [3.8, 4) is 0 Å². The Morgan fingerprint density at radius 1 is 0.626 bits per heavy atom. The van der Waals surface area contributed by atoms with Crippen LogP contribution in [0, 0.1) is 23.7 Å². The highest BCUT2D eigenvalue weighted by Crippen LogP contribution is 2.38. The number of amides is 12. The Kier molecular flexibility index (Phi) is 29.8. The summed E-state index contributed by atoms with van der Waals surface area (Å²) in [5.74, 6) is -9.16. The maximum Gasteiger partial charge on any atom is 0.417 e. The second kappa shape index (κ2) is 36.5. The molecule has 1 aromatic rings. The van der Waals surface area contributed by atoms with Gasteiger partial charge in [0.15, 0.2) is 0 Å². The molecule has 8 atom stereocenters. The molecule has 6 rings (SSSR count). The van der Waals surface area contributed by atoms with E-state index < -0.39 is 173 Å². The van der Waals surface area contributed by atoms with E-state index in [1.807, 2.05) is 20.8 Å². The topological polar surface area (TPSA) is 279 Å². The van der Waals surface area contributed by atoms with Crippen LogP contribution in [0.1, 0.15) is 187 Å². The molecule has 2 saturated heterocycles. The summed E-state index contributed by atoms with van der Waals surface area (Å²) in [7, 11) is 9.93. The number of nitrogens with one attached hydrogen (secondary N) is 4. The SMILES string of the molecule is CC[C@H](C)[C@@H]1NC(=O)[C@H](CC(C)C)N(C)C(=O)C[C@@H](C(=O)N2CCCCC2)N(C)C(=O)[C@H](C2CCCCC2)N(C)C(=O)C2(CCCC2)NC(=O)[C@@H](C)NC(=O)[C@H](CCc2ccc(C(F)(F)F)c(Cl)c2)NC(=O)CN(C)C(=O)[C@H](CC2CCCCC2)N(C)C(=O)CN(C)C(=O)CN(C)C1=O. The molecule has 5 fully saturated rings. The summed E-state index contributed by atoms with van der Waals surface area (Å²) in [5, 5.41) is 10.6. The van der Waals surface area contributed by atoms with Crippen molar-refractivity contribution in [2.45, 2.75) is 236 Å². The van der Waals surface area contributed by atoms with Crippen LogP contribution in [0.15, 0.2) is 18.2 Å². The molecule has 99 heavy (non-hydrogen) atoms. The Hall–Kier alpha value is -7.06. The summed E-state index contributed by atoms with van der Waals surface area (Å²) >= 11 is 6.11. The third kappa shape index (κ3) is 21.5. The molecule has 0 bridgehead atoms. The molecule has 0 unspecified atom stereocenters. The Bertz CT molecular complexity index is 3040. The van der Waals surface area contributed by atoms with Gasteiger partial charge in [0.1, 0.15) is 47.8 Å². The summed E-state index contributed by atoms with van der Waals surface area (Å²) in [6.45, 7) is 7.74. The minimum absolute atomic E-state index is 0.0149. The monoisotopic (exact) mass is 1410 g/mol. The van der Waals surface area contributed by atoms with Gasteiger partial charge in [-0.05, 0) is 119 Å². The van der Waals surface area contributed by atoms with Gasteiger partial charge in [0.05, 0.1) is 36.6 Å². The normalized spacial score (nSPS) is 26.4. The van der Waals surface area contributed by atoms with Crippen molar-refractivity contribution in [1.29, 1.82) is 0 Å². The van der Waals surface area contributed by atoms with Crippen molar-refractivity contribution in [1.82, 2.24) is 60.5 Å². The molecule has 1 aromatic carbocycles. The molecule has 28 heteroatoms.